The van der Waals surface area contributed by atoms with Crippen LogP contribution in [0, 0.1) is 3.77 Å². The monoisotopic (exact) mass is 548 g/mol. The Kier molecular flexibility index (Phi) is 6.46. The van der Waals surface area contributed by atoms with Gasteiger partial charge in [0, 0.05) is 27.2 Å². The molecule has 0 saturated heterocycles. The van der Waals surface area contributed by atoms with Gasteiger partial charge in [0.1, 0.15) is 5.76 Å². The van der Waals surface area contributed by atoms with Crippen molar-refractivity contribution in [2.24, 2.45) is 5.10 Å². The molecular formula is C21H14ClIN4O2S. The Hall–Kier alpha value is -2.69. The first-order chi connectivity index (χ1) is 14.6. The molecule has 2 aromatic carbocycles. The highest BCUT2D eigenvalue weighted by molar-refractivity contribution is 14.1. The van der Waals surface area contributed by atoms with Crippen molar-refractivity contribution in [2.45, 2.75) is 0 Å². The summed E-state index contributed by atoms with van der Waals surface area (Å²) in [5.74, 6) is 0.268. The normalized spacial score (nSPS) is 11.0. The van der Waals surface area contributed by atoms with Crippen molar-refractivity contribution < 1.29 is 9.21 Å². The van der Waals surface area contributed by atoms with E-state index in [4.69, 9.17) is 16.0 Å². The summed E-state index contributed by atoms with van der Waals surface area (Å²) >= 11 is 9.47. The fourth-order valence-corrected chi connectivity index (χ4v) is 3.83. The molecule has 2 N–H and O–H groups in total. The zero-order valence-corrected chi connectivity index (χ0v) is 19.0. The molecule has 150 valence electrons. The maximum atomic E-state index is 12.2. The number of nitrogens with one attached hydrogen (secondary N) is 2. The summed E-state index contributed by atoms with van der Waals surface area (Å²) in [4.78, 5) is 16.8. The minimum Gasteiger partial charge on any atom is -0.449 e. The Labute approximate surface area is 195 Å². The predicted octanol–water partition coefficient (Wildman–Crippen LogP) is 6.17. The van der Waals surface area contributed by atoms with Crippen LogP contribution in [0.3, 0.4) is 0 Å². The Balaban J connectivity index is 1.38. The van der Waals surface area contributed by atoms with Gasteiger partial charge in [-0.2, -0.15) is 5.10 Å². The molecule has 4 rings (SSSR count). The van der Waals surface area contributed by atoms with Crippen LogP contribution in [-0.4, -0.2) is 17.1 Å². The first-order valence-electron chi connectivity index (χ1n) is 8.74. The molecule has 4 aromatic rings. The van der Waals surface area contributed by atoms with Crippen LogP contribution in [0.2, 0.25) is 5.02 Å². The van der Waals surface area contributed by atoms with Crippen LogP contribution in [-0.2, 0) is 0 Å². The molecule has 0 spiro atoms. The van der Waals surface area contributed by atoms with Crippen LogP contribution in [0.4, 0.5) is 10.8 Å². The van der Waals surface area contributed by atoms with Crippen LogP contribution in [0.5, 0.6) is 0 Å². The maximum absolute atomic E-state index is 12.2. The van der Waals surface area contributed by atoms with Gasteiger partial charge in [-0.25, -0.2) is 10.4 Å². The molecule has 6 nitrogen and oxygen atoms in total. The SMILES string of the molecule is O=C(N/N=C\c1ccc(I)o1)c1ccc(-c2csc(Nc3ccc(Cl)cc3)n2)cc1. The average Bonchev–Trinajstić information content (AvgIpc) is 3.39. The van der Waals surface area contributed by atoms with Crippen LogP contribution in [0.15, 0.2) is 75.6 Å². The smallest absolute Gasteiger partial charge is 0.271 e. The third-order valence-corrected chi connectivity index (χ3v) is 5.58. The number of nitrogens with zero attached hydrogens (tertiary/aromatic N) is 2. The average molecular weight is 549 g/mol. The summed E-state index contributed by atoms with van der Waals surface area (Å²) in [6.07, 6.45) is 1.46. The summed E-state index contributed by atoms with van der Waals surface area (Å²) in [5, 5.41) is 10.6. The highest BCUT2D eigenvalue weighted by atomic mass is 127. The first-order valence-corrected chi connectivity index (χ1v) is 11.1. The Morgan fingerprint density at radius 3 is 2.57 bits per heavy atom. The fraction of sp³-hybridized carbons (Fsp3) is 0. The van der Waals surface area contributed by atoms with E-state index >= 15 is 0 Å². The molecule has 2 aromatic heterocycles. The predicted molar refractivity (Wildman–Crippen MR) is 129 cm³/mol. The summed E-state index contributed by atoms with van der Waals surface area (Å²) in [5.41, 5.74) is 5.64. The molecule has 0 unspecified atom stereocenters. The number of benzene rings is 2. The number of thiazole rings is 1. The highest BCUT2D eigenvalue weighted by Crippen LogP contribution is 2.27. The van der Waals surface area contributed by atoms with Gasteiger partial charge in [0.25, 0.3) is 5.91 Å². The molecule has 30 heavy (non-hydrogen) atoms. The van der Waals surface area contributed by atoms with Crippen LogP contribution < -0.4 is 10.7 Å². The van der Waals surface area contributed by atoms with Gasteiger partial charge in [0.15, 0.2) is 8.90 Å². The topological polar surface area (TPSA) is 79.5 Å². The van der Waals surface area contributed by atoms with Gasteiger partial charge in [-0.3, -0.25) is 4.79 Å². The van der Waals surface area contributed by atoms with E-state index in [0.29, 0.717) is 16.3 Å². The van der Waals surface area contributed by atoms with Gasteiger partial charge in [-0.15, -0.1) is 11.3 Å². The van der Waals surface area contributed by atoms with E-state index in [2.05, 4.69) is 43.4 Å². The lowest BCUT2D eigenvalue weighted by Gasteiger charge is -2.03. The van der Waals surface area contributed by atoms with Gasteiger partial charge in [-0.1, -0.05) is 23.7 Å². The Morgan fingerprint density at radius 2 is 1.87 bits per heavy atom. The largest absolute Gasteiger partial charge is 0.449 e. The molecule has 0 aliphatic heterocycles. The second-order valence-electron chi connectivity index (χ2n) is 6.09. The third kappa shape index (κ3) is 5.26. The molecule has 0 saturated carbocycles. The number of anilines is 2. The number of carbonyl (C=O) groups is 1. The van der Waals surface area contributed by atoms with Crippen molar-refractivity contribution in [1.29, 1.82) is 0 Å². The second-order valence-corrected chi connectivity index (χ2v) is 8.45. The molecular weight excluding hydrogens is 535 g/mol. The van der Waals surface area contributed by atoms with Gasteiger partial charge in [0.05, 0.1) is 11.9 Å². The minimum atomic E-state index is -0.303. The molecule has 1 amide bonds. The summed E-state index contributed by atoms with van der Waals surface area (Å²) in [7, 11) is 0. The zero-order valence-electron chi connectivity index (χ0n) is 15.3. The number of amides is 1. The number of hydrogen-bond acceptors (Lipinski definition) is 6. The molecule has 0 aliphatic rings. The second kappa shape index (κ2) is 9.41. The number of halogens is 2. The summed E-state index contributed by atoms with van der Waals surface area (Å²) < 4.78 is 6.10. The highest BCUT2D eigenvalue weighted by Gasteiger charge is 2.08. The lowest BCUT2D eigenvalue weighted by atomic mass is 10.1. The molecule has 2 heterocycles. The van der Waals surface area contributed by atoms with Crippen molar-refractivity contribution in [1.82, 2.24) is 10.4 Å². The van der Waals surface area contributed by atoms with E-state index in [1.807, 2.05) is 47.8 Å². The Morgan fingerprint density at radius 1 is 1.10 bits per heavy atom. The number of rotatable bonds is 6. The number of hydrogen-bond donors (Lipinski definition) is 2. The minimum absolute atomic E-state index is 0.303. The molecule has 9 heteroatoms. The van der Waals surface area contributed by atoms with Crippen LogP contribution >= 0.6 is 45.5 Å². The number of furan rings is 1. The van der Waals surface area contributed by atoms with E-state index in [1.165, 1.54) is 17.6 Å². The number of hydrazone groups is 1. The van der Waals surface area contributed by atoms with Crippen molar-refractivity contribution in [3.05, 3.63) is 86.2 Å². The molecule has 0 bridgehead atoms. The van der Waals surface area contributed by atoms with Crippen LogP contribution in [0.25, 0.3) is 11.3 Å². The molecule has 0 radical (unpaired) electrons. The number of aromatic nitrogens is 1. The summed E-state index contributed by atoms with van der Waals surface area (Å²) in [6, 6.07) is 18.2. The van der Waals surface area contributed by atoms with Crippen molar-refractivity contribution >= 4 is 68.5 Å². The van der Waals surface area contributed by atoms with E-state index in [0.717, 1.165) is 25.8 Å². The van der Waals surface area contributed by atoms with Gasteiger partial charge >= 0.3 is 0 Å². The van der Waals surface area contributed by atoms with E-state index in [-0.39, 0.29) is 5.91 Å². The van der Waals surface area contributed by atoms with Gasteiger partial charge in [0.2, 0.25) is 0 Å². The van der Waals surface area contributed by atoms with Crippen molar-refractivity contribution in [3.63, 3.8) is 0 Å². The van der Waals surface area contributed by atoms with E-state index in [1.54, 1.807) is 18.2 Å². The quantitative estimate of drug-likeness (QED) is 0.172. The molecule has 0 aliphatic carbocycles. The van der Waals surface area contributed by atoms with Crippen LogP contribution in [0.1, 0.15) is 16.1 Å². The lowest BCUT2D eigenvalue weighted by Crippen LogP contribution is -2.17. The standard InChI is InChI=1S/C21H14ClIN4O2S/c22-15-5-7-16(8-6-15)25-21-26-18(12-30-21)13-1-3-14(4-2-13)20(28)27-24-11-17-9-10-19(23)29-17/h1-12H,(H,25,26)(H,27,28)/b24-11-. The summed E-state index contributed by atoms with van der Waals surface area (Å²) in [6.45, 7) is 0. The molecule has 0 atom stereocenters. The first kappa shape index (κ1) is 20.6. The Bertz CT molecular complexity index is 1190. The van der Waals surface area contributed by atoms with E-state index in [9.17, 15) is 4.79 Å². The third-order valence-electron chi connectivity index (χ3n) is 3.99. The van der Waals surface area contributed by atoms with Gasteiger partial charge < -0.3 is 9.73 Å². The fourth-order valence-electron chi connectivity index (χ4n) is 2.53. The number of carbonyl (C=O) groups excluding carboxylic acids is 1. The lowest BCUT2D eigenvalue weighted by molar-refractivity contribution is 0.0955. The maximum Gasteiger partial charge on any atom is 0.271 e. The zero-order chi connectivity index (χ0) is 20.9. The molecule has 0 fully saturated rings. The van der Waals surface area contributed by atoms with E-state index < -0.39 is 0 Å². The van der Waals surface area contributed by atoms with Gasteiger partial charge in [-0.05, 0) is 71.1 Å². The van der Waals surface area contributed by atoms with Crippen molar-refractivity contribution in [3.8, 4) is 11.3 Å². The van der Waals surface area contributed by atoms with Crippen molar-refractivity contribution in [2.75, 3.05) is 5.32 Å².